The fourth-order valence-electron chi connectivity index (χ4n) is 2.72. The van der Waals surface area contributed by atoms with Crippen LogP contribution in [-0.2, 0) is 6.54 Å². The van der Waals surface area contributed by atoms with E-state index in [0.29, 0.717) is 12.0 Å². The molecule has 1 aromatic heterocycles. The van der Waals surface area contributed by atoms with Gasteiger partial charge in [0.05, 0.1) is 0 Å². The highest BCUT2D eigenvalue weighted by atomic mass is 15.3. The van der Waals surface area contributed by atoms with Crippen LogP contribution < -0.4 is 0 Å². The van der Waals surface area contributed by atoms with Crippen LogP contribution in [0.25, 0.3) is 0 Å². The van der Waals surface area contributed by atoms with Crippen LogP contribution in [0.1, 0.15) is 25.1 Å². The van der Waals surface area contributed by atoms with E-state index >= 15 is 0 Å². The molecule has 1 aliphatic heterocycles. The van der Waals surface area contributed by atoms with Gasteiger partial charge < -0.3 is 4.90 Å². The first kappa shape index (κ1) is 13.5. The minimum absolute atomic E-state index is 0.656. The summed E-state index contributed by atoms with van der Waals surface area (Å²) in [7, 11) is 2.22. The van der Waals surface area contributed by atoms with Gasteiger partial charge in [-0.25, -0.2) is 0 Å². The lowest BCUT2D eigenvalue weighted by molar-refractivity contribution is 0.0569. The number of hydrogen-bond donors (Lipinski definition) is 0. The van der Waals surface area contributed by atoms with Crippen LogP contribution in [0.15, 0.2) is 18.3 Å². The van der Waals surface area contributed by atoms with Crippen molar-refractivity contribution in [3.05, 3.63) is 29.6 Å². The third-order valence-electron chi connectivity index (χ3n) is 4.00. The Morgan fingerprint density at radius 1 is 1.39 bits per heavy atom. The standard InChI is InChI=1S/C15H25N3/c1-12(2)15-11-17(4)8-9-18(15)10-14-6-5-7-16-13(14)3/h5-7,12,15H,8-11H2,1-4H3/t15-/m1/s1. The molecule has 1 fully saturated rings. The van der Waals surface area contributed by atoms with E-state index in [1.807, 2.05) is 12.3 Å². The van der Waals surface area contributed by atoms with Crippen molar-refractivity contribution in [2.24, 2.45) is 5.92 Å². The van der Waals surface area contributed by atoms with E-state index in [4.69, 9.17) is 0 Å². The highest BCUT2D eigenvalue weighted by Crippen LogP contribution is 2.19. The summed E-state index contributed by atoms with van der Waals surface area (Å²) in [5.74, 6) is 0.699. The number of aromatic nitrogens is 1. The summed E-state index contributed by atoms with van der Waals surface area (Å²) in [4.78, 5) is 9.45. The second-order valence-electron chi connectivity index (χ2n) is 5.79. The van der Waals surface area contributed by atoms with Gasteiger partial charge in [-0.15, -0.1) is 0 Å². The van der Waals surface area contributed by atoms with Gasteiger partial charge >= 0.3 is 0 Å². The lowest BCUT2D eigenvalue weighted by atomic mass is 9.99. The Hall–Kier alpha value is -0.930. The van der Waals surface area contributed by atoms with Crippen LogP contribution in [0, 0.1) is 12.8 Å². The molecule has 2 rings (SSSR count). The summed E-state index contributed by atoms with van der Waals surface area (Å²) in [6.07, 6.45) is 1.88. The van der Waals surface area contributed by atoms with Crippen LogP contribution in [0.2, 0.25) is 0 Å². The number of hydrogen-bond acceptors (Lipinski definition) is 3. The zero-order valence-corrected chi connectivity index (χ0v) is 12.1. The first-order chi connectivity index (χ1) is 8.58. The van der Waals surface area contributed by atoms with Gasteiger partial charge in [0, 0.05) is 44.1 Å². The van der Waals surface area contributed by atoms with Crippen molar-refractivity contribution in [1.82, 2.24) is 14.8 Å². The third-order valence-corrected chi connectivity index (χ3v) is 4.00. The smallest absolute Gasteiger partial charge is 0.0417 e. The second-order valence-corrected chi connectivity index (χ2v) is 5.79. The zero-order chi connectivity index (χ0) is 13.1. The molecule has 0 amide bonds. The fourth-order valence-corrected chi connectivity index (χ4v) is 2.72. The molecule has 0 aliphatic carbocycles. The zero-order valence-electron chi connectivity index (χ0n) is 12.1. The highest BCUT2D eigenvalue weighted by molar-refractivity contribution is 5.18. The van der Waals surface area contributed by atoms with Crippen molar-refractivity contribution < 1.29 is 0 Å². The number of piperazine rings is 1. The molecular formula is C15H25N3. The molecule has 3 nitrogen and oxygen atoms in total. The number of likely N-dealkylation sites (N-methyl/N-ethyl adjacent to an activating group) is 1. The largest absolute Gasteiger partial charge is 0.304 e. The van der Waals surface area contributed by atoms with E-state index in [2.05, 4.69) is 48.7 Å². The Morgan fingerprint density at radius 2 is 2.17 bits per heavy atom. The number of pyridine rings is 1. The normalized spacial score (nSPS) is 22.6. The van der Waals surface area contributed by atoms with Crippen LogP contribution in [0.5, 0.6) is 0 Å². The van der Waals surface area contributed by atoms with E-state index < -0.39 is 0 Å². The number of rotatable bonds is 3. The Bertz CT molecular complexity index is 389. The van der Waals surface area contributed by atoms with E-state index in [9.17, 15) is 0 Å². The molecule has 1 aliphatic rings. The highest BCUT2D eigenvalue weighted by Gasteiger charge is 2.27. The molecule has 1 saturated heterocycles. The predicted molar refractivity (Wildman–Crippen MR) is 75.5 cm³/mol. The van der Waals surface area contributed by atoms with Gasteiger partial charge in [0.15, 0.2) is 0 Å². The van der Waals surface area contributed by atoms with Gasteiger partial charge in [-0.2, -0.15) is 0 Å². The minimum atomic E-state index is 0.656. The molecule has 1 aromatic rings. The first-order valence-electron chi connectivity index (χ1n) is 6.91. The summed E-state index contributed by atoms with van der Waals surface area (Å²) < 4.78 is 0. The summed E-state index contributed by atoms with van der Waals surface area (Å²) in [6.45, 7) is 11.3. The fraction of sp³-hybridized carbons (Fsp3) is 0.667. The predicted octanol–water partition coefficient (Wildman–Crippen LogP) is 2.16. The van der Waals surface area contributed by atoms with Gasteiger partial charge in [0.1, 0.15) is 0 Å². The van der Waals surface area contributed by atoms with E-state index in [0.717, 1.165) is 13.1 Å². The summed E-state index contributed by atoms with van der Waals surface area (Å²) in [6, 6.07) is 4.91. The molecular weight excluding hydrogens is 222 g/mol. The van der Waals surface area contributed by atoms with Crippen LogP contribution >= 0.6 is 0 Å². The molecule has 3 heteroatoms. The Morgan fingerprint density at radius 3 is 2.83 bits per heavy atom. The molecule has 0 aromatic carbocycles. The van der Waals surface area contributed by atoms with Crippen molar-refractivity contribution >= 4 is 0 Å². The topological polar surface area (TPSA) is 19.4 Å². The monoisotopic (exact) mass is 247 g/mol. The van der Waals surface area contributed by atoms with Crippen molar-refractivity contribution in [3.63, 3.8) is 0 Å². The Kier molecular flexibility index (Phi) is 4.36. The van der Waals surface area contributed by atoms with Gasteiger partial charge in [-0.1, -0.05) is 19.9 Å². The molecule has 0 bridgehead atoms. The molecule has 0 unspecified atom stereocenters. The Labute approximate surface area is 111 Å². The summed E-state index contributed by atoms with van der Waals surface area (Å²) in [5, 5.41) is 0. The van der Waals surface area contributed by atoms with Crippen molar-refractivity contribution in [2.75, 3.05) is 26.7 Å². The average molecular weight is 247 g/mol. The average Bonchev–Trinajstić information content (AvgIpc) is 2.34. The van der Waals surface area contributed by atoms with Crippen molar-refractivity contribution in [2.45, 2.75) is 33.4 Å². The quantitative estimate of drug-likeness (QED) is 0.816. The number of aryl methyl sites for hydroxylation is 1. The molecule has 2 heterocycles. The first-order valence-corrected chi connectivity index (χ1v) is 6.91. The Balaban J connectivity index is 2.09. The molecule has 0 N–H and O–H groups in total. The number of nitrogens with zero attached hydrogens (tertiary/aromatic N) is 3. The third kappa shape index (κ3) is 3.09. The molecule has 0 saturated carbocycles. The van der Waals surface area contributed by atoms with Gasteiger partial charge in [-0.3, -0.25) is 9.88 Å². The van der Waals surface area contributed by atoms with E-state index in [-0.39, 0.29) is 0 Å². The van der Waals surface area contributed by atoms with Crippen LogP contribution in [0.3, 0.4) is 0 Å². The lowest BCUT2D eigenvalue weighted by Crippen LogP contribution is -2.53. The maximum atomic E-state index is 4.39. The maximum Gasteiger partial charge on any atom is 0.0417 e. The molecule has 1 atom stereocenters. The molecule has 0 radical (unpaired) electrons. The van der Waals surface area contributed by atoms with Gasteiger partial charge in [-0.05, 0) is 31.5 Å². The van der Waals surface area contributed by atoms with E-state index in [1.165, 1.54) is 24.3 Å². The van der Waals surface area contributed by atoms with Gasteiger partial charge in [0.2, 0.25) is 0 Å². The van der Waals surface area contributed by atoms with Gasteiger partial charge in [0.25, 0.3) is 0 Å². The van der Waals surface area contributed by atoms with Crippen LogP contribution in [-0.4, -0.2) is 47.5 Å². The minimum Gasteiger partial charge on any atom is -0.304 e. The molecule has 100 valence electrons. The lowest BCUT2D eigenvalue weighted by Gasteiger charge is -2.42. The van der Waals surface area contributed by atoms with Crippen LogP contribution in [0.4, 0.5) is 0 Å². The molecule has 0 spiro atoms. The maximum absolute atomic E-state index is 4.39. The second kappa shape index (κ2) is 5.81. The summed E-state index contributed by atoms with van der Waals surface area (Å²) >= 11 is 0. The SMILES string of the molecule is Cc1ncccc1CN1CCN(C)C[C@@H]1C(C)C. The van der Waals surface area contributed by atoms with E-state index in [1.54, 1.807) is 0 Å². The summed E-state index contributed by atoms with van der Waals surface area (Å²) in [5.41, 5.74) is 2.53. The van der Waals surface area contributed by atoms with Crippen molar-refractivity contribution in [3.8, 4) is 0 Å². The van der Waals surface area contributed by atoms with Crippen molar-refractivity contribution in [1.29, 1.82) is 0 Å². The molecule has 18 heavy (non-hydrogen) atoms.